The minimum absolute atomic E-state index is 0.0516. The lowest BCUT2D eigenvalue weighted by molar-refractivity contribution is -0.0514. The highest BCUT2D eigenvalue weighted by Crippen LogP contribution is 2.33. The van der Waals surface area contributed by atoms with Crippen molar-refractivity contribution in [1.82, 2.24) is 10.2 Å². The Morgan fingerprint density at radius 1 is 1.12 bits per heavy atom. The lowest BCUT2D eigenvalue weighted by Gasteiger charge is -2.11. The summed E-state index contributed by atoms with van der Waals surface area (Å²) in [5.74, 6) is 0.795. The number of aromatic nitrogens is 2. The zero-order chi connectivity index (χ0) is 18.5. The lowest BCUT2D eigenvalue weighted by atomic mass is 10.1. The molecule has 2 aromatic carbocycles. The number of benzene rings is 2. The molecule has 8 heteroatoms. The van der Waals surface area contributed by atoms with Crippen LogP contribution in [0.15, 0.2) is 46.9 Å². The van der Waals surface area contributed by atoms with Crippen molar-refractivity contribution in [3.63, 3.8) is 0 Å². The van der Waals surface area contributed by atoms with E-state index >= 15 is 0 Å². The van der Waals surface area contributed by atoms with E-state index in [4.69, 9.17) is 20.8 Å². The lowest BCUT2D eigenvalue weighted by Crippen LogP contribution is -2.04. The van der Waals surface area contributed by atoms with Gasteiger partial charge in [0.15, 0.2) is 11.5 Å². The summed E-state index contributed by atoms with van der Waals surface area (Å²) in [6.45, 7) is -0.894. The molecule has 0 saturated heterocycles. The van der Waals surface area contributed by atoms with Crippen molar-refractivity contribution in [3.8, 4) is 23.0 Å². The summed E-state index contributed by atoms with van der Waals surface area (Å²) in [6, 6.07) is 11.8. The van der Waals surface area contributed by atoms with E-state index in [1.54, 1.807) is 19.1 Å². The van der Waals surface area contributed by atoms with E-state index in [2.05, 4.69) is 14.9 Å². The molecule has 0 aliphatic carbocycles. The summed E-state index contributed by atoms with van der Waals surface area (Å²) >= 11 is 5.96. The van der Waals surface area contributed by atoms with Crippen molar-refractivity contribution in [2.45, 2.75) is 20.0 Å². The Kier molecular flexibility index (Phi) is 5.68. The summed E-state index contributed by atoms with van der Waals surface area (Å²) in [6.07, 6.45) is 0.429. The van der Waals surface area contributed by atoms with Gasteiger partial charge >= 0.3 is 6.61 Å². The van der Waals surface area contributed by atoms with Crippen molar-refractivity contribution >= 4 is 11.6 Å². The van der Waals surface area contributed by atoms with Crippen LogP contribution in [0.2, 0.25) is 5.02 Å². The zero-order valence-electron chi connectivity index (χ0n) is 13.8. The molecule has 0 fully saturated rings. The summed E-state index contributed by atoms with van der Waals surface area (Å²) in [5.41, 5.74) is 1.48. The third-order valence-electron chi connectivity index (χ3n) is 3.42. The number of ether oxygens (including phenoxy) is 2. The van der Waals surface area contributed by atoms with Gasteiger partial charge in [-0.1, -0.05) is 23.7 Å². The molecule has 0 saturated carbocycles. The maximum Gasteiger partial charge on any atom is 0.387 e. The quantitative estimate of drug-likeness (QED) is 0.578. The predicted octanol–water partition coefficient (Wildman–Crippen LogP) is 4.98. The van der Waals surface area contributed by atoms with Gasteiger partial charge in [0, 0.05) is 10.6 Å². The summed E-state index contributed by atoms with van der Waals surface area (Å²) in [4.78, 5) is 0. The Bertz CT molecular complexity index is 886. The Hall–Kier alpha value is -2.67. The van der Waals surface area contributed by atoms with E-state index in [1.165, 1.54) is 12.1 Å². The highest BCUT2D eigenvalue weighted by atomic mass is 35.5. The van der Waals surface area contributed by atoms with E-state index in [1.807, 2.05) is 18.2 Å². The van der Waals surface area contributed by atoms with Gasteiger partial charge in [0.2, 0.25) is 11.8 Å². The first-order valence-corrected chi connectivity index (χ1v) is 8.22. The van der Waals surface area contributed by atoms with Crippen molar-refractivity contribution in [2.75, 3.05) is 6.61 Å². The molecule has 1 aromatic heterocycles. The Labute approximate surface area is 153 Å². The normalized spacial score (nSPS) is 11.0. The Morgan fingerprint density at radius 3 is 2.69 bits per heavy atom. The van der Waals surface area contributed by atoms with E-state index in [9.17, 15) is 8.78 Å². The SMILES string of the molecule is CCOc1cc(-c2nnc(Cc3cccc(Cl)c3)o2)ccc1OC(F)F. The van der Waals surface area contributed by atoms with Crippen molar-refractivity contribution in [2.24, 2.45) is 0 Å². The fourth-order valence-electron chi connectivity index (χ4n) is 2.37. The van der Waals surface area contributed by atoms with Gasteiger partial charge in [-0.15, -0.1) is 10.2 Å². The molecule has 0 amide bonds. The molecule has 0 spiro atoms. The number of alkyl halides is 2. The topological polar surface area (TPSA) is 57.4 Å². The molecule has 3 aromatic rings. The molecular formula is C18H15ClF2N2O3. The van der Waals surface area contributed by atoms with Gasteiger partial charge in [-0.25, -0.2) is 0 Å². The molecule has 26 heavy (non-hydrogen) atoms. The van der Waals surface area contributed by atoms with Gasteiger partial charge in [0.1, 0.15) is 0 Å². The molecule has 0 atom stereocenters. The zero-order valence-corrected chi connectivity index (χ0v) is 14.5. The monoisotopic (exact) mass is 380 g/mol. The van der Waals surface area contributed by atoms with Crippen LogP contribution in [0.25, 0.3) is 11.5 Å². The van der Waals surface area contributed by atoms with Crippen LogP contribution in [0.5, 0.6) is 11.5 Å². The fraction of sp³-hybridized carbons (Fsp3) is 0.222. The van der Waals surface area contributed by atoms with Crippen LogP contribution in [-0.2, 0) is 6.42 Å². The molecule has 0 radical (unpaired) electrons. The number of rotatable bonds is 7. The highest BCUT2D eigenvalue weighted by Gasteiger charge is 2.15. The first-order valence-electron chi connectivity index (χ1n) is 7.84. The Balaban J connectivity index is 1.83. The van der Waals surface area contributed by atoms with Crippen LogP contribution >= 0.6 is 11.6 Å². The predicted molar refractivity (Wildman–Crippen MR) is 91.8 cm³/mol. The van der Waals surface area contributed by atoms with Crippen LogP contribution in [-0.4, -0.2) is 23.4 Å². The van der Waals surface area contributed by atoms with Crippen LogP contribution < -0.4 is 9.47 Å². The first kappa shape index (κ1) is 18.1. The minimum atomic E-state index is -2.94. The fourth-order valence-corrected chi connectivity index (χ4v) is 2.58. The van der Waals surface area contributed by atoms with E-state index in [-0.39, 0.29) is 17.4 Å². The van der Waals surface area contributed by atoms with E-state index in [0.29, 0.717) is 29.5 Å². The smallest absolute Gasteiger partial charge is 0.387 e. The van der Waals surface area contributed by atoms with Crippen molar-refractivity contribution < 1.29 is 22.7 Å². The van der Waals surface area contributed by atoms with Crippen LogP contribution in [0.1, 0.15) is 18.4 Å². The van der Waals surface area contributed by atoms with E-state index < -0.39 is 6.61 Å². The molecule has 1 heterocycles. The maximum atomic E-state index is 12.5. The van der Waals surface area contributed by atoms with Gasteiger partial charge < -0.3 is 13.9 Å². The third kappa shape index (κ3) is 4.49. The summed E-state index contributed by atoms with van der Waals surface area (Å²) in [5, 5.41) is 8.64. The largest absolute Gasteiger partial charge is 0.490 e. The highest BCUT2D eigenvalue weighted by molar-refractivity contribution is 6.30. The standard InChI is InChI=1S/C18H15ClF2N2O3/c1-2-24-15-10-12(6-7-14(15)25-18(20)21)17-23-22-16(26-17)9-11-4-3-5-13(19)8-11/h3-8,10,18H,2,9H2,1H3. The first-order chi connectivity index (χ1) is 12.5. The van der Waals surface area contributed by atoms with Gasteiger partial charge in [-0.3, -0.25) is 0 Å². The van der Waals surface area contributed by atoms with Crippen molar-refractivity contribution in [1.29, 1.82) is 0 Å². The molecule has 3 rings (SSSR count). The molecule has 0 bridgehead atoms. The average Bonchev–Trinajstić information content (AvgIpc) is 3.05. The van der Waals surface area contributed by atoms with Crippen LogP contribution in [0.4, 0.5) is 8.78 Å². The molecule has 0 aliphatic rings. The van der Waals surface area contributed by atoms with Gasteiger partial charge in [0.05, 0.1) is 13.0 Å². The van der Waals surface area contributed by atoms with Gasteiger partial charge in [-0.05, 0) is 42.8 Å². The second-order valence-corrected chi connectivity index (χ2v) is 5.72. The average molecular weight is 381 g/mol. The third-order valence-corrected chi connectivity index (χ3v) is 3.65. The molecule has 0 aliphatic heterocycles. The van der Waals surface area contributed by atoms with E-state index in [0.717, 1.165) is 5.56 Å². The van der Waals surface area contributed by atoms with Crippen LogP contribution in [0.3, 0.4) is 0 Å². The number of nitrogens with zero attached hydrogens (tertiary/aromatic N) is 2. The number of hydrogen-bond acceptors (Lipinski definition) is 5. The van der Waals surface area contributed by atoms with Crippen LogP contribution in [0, 0.1) is 0 Å². The number of hydrogen-bond donors (Lipinski definition) is 0. The van der Waals surface area contributed by atoms with Gasteiger partial charge in [-0.2, -0.15) is 8.78 Å². The summed E-state index contributed by atoms with van der Waals surface area (Å²) < 4.78 is 40.4. The molecule has 0 unspecified atom stereocenters. The molecule has 136 valence electrons. The molecule has 5 nitrogen and oxygen atoms in total. The summed E-state index contributed by atoms with van der Waals surface area (Å²) in [7, 11) is 0. The van der Waals surface area contributed by atoms with Crippen molar-refractivity contribution in [3.05, 3.63) is 58.9 Å². The molecule has 0 N–H and O–H groups in total. The molecular weight excluding hydrogens is 366 g/mol. The maximum absolute atomic E-state index is 12.5. The second kappa shape index (κ2) is 8.14. The minimum Gasteiger partial charge on any atom is -0.490 e. The Morgan fingerprint density at radius 2 is 1.96 bits per heavy atom. The van der Waals surface area contributed by atoms with Gasteiger partial charge in [0.25, 0.3) is 0 Å². The number of halogens is 3. The second-order valence-electron chi connectivity index (χ2n) is 5.28.